The van der Waals surface area contributed by atoms with Gasteiger partial charge in [0.15, 0.2) is 0 Å². The molecule has 1 heterocycles. The molecule has 0 radical (unpaired) electrons. The highest BCUT2D eigenvalue weighted by atomic mass is 16.4. The van der Waals surface area contributed by atoms with E-state index in [4.69, 9.17) is 5.11 Å². The Morgan fingerprint density at radius 1 is 1.00 bits per heavy atom. The molecule has 3 rings (SSSR count). The molecule has 0 bridgehead atoms. The monoisotopic (exact) mass is 251 g/mol. The minimum atomic E-state index is -0.897. The summed E-state index contributed by atoms with van der Waals surface area (Å²) in [5.74, 6) is -0.897. The number of benzene rings is 2. The lowest BCUT2D eigenvalue weighted by atomic mass is 10.1. The van der Waals surface area contributed by atoms with Crippen molar-refractivity contribution in [3.8, 4) is 0 Å². The van der Waals surface area contributed by atoms with Crippen LogP contribution in [0.3, 0.4) is 0 Å². The first-order chi connectivity index (χ1) is 9.24. The Bertz CT molecular complexity index is 732. The van der Waals surface area contributed by atoms with Gasteiger partial charge in [0.1, 0.15) is 0 Å². The van der Waals surface area contributed by atoms with Gasteiger partial charge >= 0.3 is 5.97 Å². The summed E-state index contributed by atoms with van der Waals surface area (Å²) in [6, 6.07) is 15.1. The number of carboxylic acids is 1. The summed E-state index contributed by atoms with van der Waals surface area (Å²) in [6.07, 6.45) is 4.26. The van der Waals surface area contributed by atoms with Crippen LogP contribution in [0.15, 0.2) is 48.5 Å². The Kier molecular flexibility index (Phi) is 2.80. The van der Waals surface area contributed by atoms with Crippen LogP contribution in [-0.2, 0) is 0 Å². The Morgan fingerprint density at radius 3 is 2.37 bits per heavy atom. The second kappa shape index (κ2) is 4.61. The van der Waals surface area contributed by atoms with E-state index in [-0.39, 0.29) is 0 Å². The smallest absolute Gasteiger partial charge is 0.335 e. The van der Waals surface area contributed by atoms with E-state index >= 15 is 0 Å². The van der Waals surface area contributed by atoms with E-state index in [9.17, 15) is 4.79 Å². The molecule has 0 atom stereocenters. The van der Waals surface area contributed by atoms with Gasteiger partial charge in [-0.05, 0) is 34.7 Å². The zero-order valence-corrected chi connectivity index (χ0v) is 10.3. The molecule has 0 spiro atoms. The zero-order chi connectivity index (χ0) is 13.2. The molecule has 0 unspecified atom stereocenters. The molecule has 0 aromatic heterocycles. The van der Waals surface area contributed by atoms with Crippen LogP contribution >= 0.6 is 0 Å². The van der Waals surface area contributed by atoms with Crippen molar-refractivity contribution in [2.75, 3.05) is 11.4 Å². The third-order valence-electron chi connectivity index (χ3n) is 3.24. The maximum Gasteiger partial charge on any atom is 0.335 e. The average molecular weight is 251 g/mol. The number of hydrogen-bond donors (Lipinski definition) is 1. The number of carboxylic acid groups (broad SMARTS) is 1. The number of carbonyl (C=O) groups is 1. The fourth-order valence-electron chi connectivity index (χ4n) is 2.21. The van der Waals surface area contributed by atoms with Crippen molar-refractivity contribution in [1.82, 2.24) is 0 Å². The van der Waals surface area contributed by atoms with E-state index < -0.39 is 5.97 Å². The summed E-state index contributed by atoms with van der Waals surface area (Å²) in [6.45, 7) is 0.795. The van der Waals surface area contributed by atoms with Gasteiger partial charge in [-0.15, -0.1) is 0 Å². The molecule has 0 saturated carbocycles. The van der Waals surface area contributed by atoms with E-state index in [2.05, 4.69) is 29.3 Å². The van der Waals surface area contributed by atoms with Crippen molar-refractivity contribution in [2.45, 2.75) is 0 Å². The lowest BCUT2D eigenvalue weighted by molar-refractivity contribution is 0.0697. The molecule has 1 aliphatic heterocycles. The number of hydrogen-bond acceptors (Lipinski definition) is 2. The standard InChI is InChI=1S/C16H13NO2/c18-16(19)13-5-7-15(8-6-13)17-10-9-12-3-1-2-4-14(12)11-17/h1-9,11H,10H2,(H,18,19). The summed E-state index contributed by atoms with van der Waals surface area (Å²) < 4.78 is 0. The third kappa shape index (κ3) is 2.22. The van der Waals surface area contributed by atoms with Gasteiger partial charge in [-0.25, -0.2) is 4.79 Å². The van der Waals surface area contributed by atoms with Gasteiger partial charge in [0.25, 0.3) is 0 Å². The van der Waals surface area contributed by atoms with Crippen molar-refractivity contribution < 1.29 is 9.90 Å². The molecule has 1 aliphatic rings. The third-order valence-corrected chi connectivity index (χ3v) is 3.24. The lowest BCUT2D eigenvalue weighted by Gasteiger charge is -2.21. The molecule has 0 fully saturated rings. The van der Waals surface area contributed by atoms with Crippen molar-refractivity contribution in [2.24, 2.45) is 0 Å². The van der Waals surface area contributed by atoms with E-state index in [1.54, 1.807) is 12.1 Å². The number of nitrogens with zero attached hydrogens (tertiary/aromatic N) is 1. The van der Waals surface area contributed by atoms with Gasteiger partial charge in [0.2, 0.25) is 0 Å². The van der Waals surface area contributed by atoms with Gasteiger partial charge in [-0.1, -0.05) is 30.3 Å². The Morgan fingerprint density at radius 2 is 1.68 bits per heavy atom. The summed E-state index contributed by atoms with van der Waals surface area (Å²) in [4.78, 5) is 12.9. The van der Waals surface area contributed by atoms with Crippen LogP contribution in [0.25, 0.3) is 12.3 Å². The summed E-state index contributed by atoms with van der Waals surface area (Å²) in [7, 11) is 0. The van der Waals surface area contributed by atoms with Gasteiger partial charge in [-0.2, -0.15) is 0 Å². The molecule has 1 N–H and O–H groups in total. The van der Waals surface area contributed by atoms with Crippen molar-refractivity contribution in [1.29, 1.82) is 0 Å². The average Bonchev–Trinajstić information content (AvgIpc) is 2.47. The number of fused-ring (bicyclic) bond motifs is 1. The van der Waals surface area contributed by atoms with Gasteiger partial charge in [-0.3, -0.25) is 0 Å². The molecule has 0 amide bonds. The molecular weight excluding hydrogens is 238 g/mol. The fourth-order valence-corrected chi connectivity index (χ4v) is 2.21. The van der Waals surface area contributed by atoms with Crippen LogP contribution in [0.1, 0.15) is 10.4 Å². The van der Waals surface area contributed by atoms with Crippen LogP contribution in [0.2, 0.25) is 0 Å². The van der Waals surface area contributed by atoms with Crippen molar-refractivity contribution >= 4 is 23.9 Å². The molecule has 0 aliphatic carbocycles. The van der Waals surface area contributed by atoms with Crippen molar-refractivity contribution in [3.63, 3.8) is 0 Å². The maximum atomic E-state index is 10.8. The van der Waals surface area contributed by atoms with Gasteiger partial charge < -0.3 is 10.0 Å². The van der Waals surface area contributed by atoms with E-state index in [0.717, 1.165) is 12.2 Å². The molecule has 2 aromatic carbocycles. The van der Waals surface area contributed by atoms with E-state index in [1.165, 1.54) is 10.4 Å². The quantitative estimate of drug-likeness (QED) is 0.877. The summed E-state index contributed by atoms with van der Waals surface area (Å²) in [5, 5.41) is 11.3. The van der Waals surface area contributed by atoms with Crippen LogP contribution in [0.5, 0.6) is 0 Å². The first kappa shape index (κ1) is 11.5. The molecule has 19 heavy (non-hydrogen) atoms. The maximum absolute atomic E-state index is 10.8. The Hall–Kier alpha value is -2.55. The lowest BCUT2D eigenvalue weighted by Crippen LogP contribution is -2.35. The van der Waals surface area contributed by atoms with Gasteiger partial charge in [0.05, 0.1) is 5.56 Å². The number of anilines is 1. The highest BCUT2D eigenvalue weighted by Gasteiger charge is 2.07. The molecule has 3 heteroatoms. The summed E-state index contributed by atoms with van der Waals surface area (Å²) in [5.41, 5.74) is 1.31. The van der Waals surface area contributed by atoms with Crippen LogP contribution in [-0.4, -0.2) is 17.6 Å². The first-order valence-corrected chi connectivity index (χ1v) is 6.11. The topological polar surface area (TPSA) is 40.5 Å². The molecule has 2 aromatic rings. The Balaban J connectivity index is 1.96. The SMILES string of the molecule is O=C(O)c1ccc(N2C=c3ccccc3=CC2)cc1. The highest BCUT2D eigenvalue weighted by molar-refractivity contribution is 5.88. The molecule has 94 valence electrons. The predicted molar refractivity (Wildman–Crippen MR) is 75.4 cm³/mol. The van der Waals surface area contributed by atoms with Crippen LogP contribution in [0.4, 0.5) is 5.69 Å². The largest absolute Gasteiger partial charge is 0.478 e. The summed E-state index contributed by atoms with van der Waals surface area (Å²) >= 11 is 0. The second-order valence-electron chi connectivity index (χ2n) is 4.47. The Labute approximate surface area is 110 Å². The minimum absolute atomic E-state index is 0.310. The van der Waals surface area contributed by atoms with E-state index in [0.29, 0.717) is 5.56 Å². The second-order valence-corrected chi connectivity index (χ2v) is 4.47. The van der Waals surface area contributed by atoms with E-state index in [1.807, 2.05) is 24.3 Å². The van der Waals surface area contributed by atoms with Crippen LogP contribution < -0.4 is 15.3 Å². The minimum Gasteiger partial charge on any atom is -0.478 e. The highest BCUT2D eigenvalue weighted by Crippen LogP contribution is 2.16. The molecular formula is C16H13NO2. The number of aromatic carboxylic acids is 1. The molecule has 0 saturated heterocycles. The van der Waals surface area contributed by atoms with Crippen LogP contribution in [0, 0.1) is 0 Å². The first-order valence-electron chi connectivity index (χ1n) is 6.11. The number of rotatable bonds is 2. The zero-order valence-electron chi connectivity index (χ0n) is 10.3. The molecule has 3 nitrogen and oxygen atoms in total. The van der Waals surface area contributed by atoms with Gasteiger partial charge in [0, 0.05) is 18.4 Å². The fraction of sp³-hybridized carbons (Fsp3) is 0.0625. The van der Waals surface area contributed by atoms with Crippen molar-refractivity contribution in [3.05, 3.63) is 64.5 Å². The predicted octanol–water partition coefficient (Wildman–Crippen LogP) is 1.42. The normalized spacial score (nSPS) is 13.2.